The largest absolute Gasteiger partial charge is 0.370 e. The van der Waals surface area contributed by atoms with Crippen LogP contribution in [0, 0.1) is 13.8 Å². The molecule has 5 nitrogen and oxygen atoms in total. The zero-order valence-corrected chi connectivity index (χ0v) is 8.85. The normalized spacial score (nSPS) is 10.4. The maximum absolute atomic E-state index is 4.12. The standard InChI is InChI=1S/C8H11N5S/c1-5-7(6(2)12-11-5)3-9-8-4-10-13-14-8/h4,9H,3H2,1-2H3,(H,11,12). The smallest absolute Gasteiger partial charge is 0.130 e. The topological polar surface area (TPSA) is 66.5 Å². The van der Waals surface area contributed by atoms with Crippen molar-refractivity contribution < 1.29 is 0 Å². The molecule has 0 fully saturated rings. The minimum absolute atomic E-state index is 0.762. The third-order valence-electron chi connectivity index (χ3n) is 2.08. The first-order valence-corrected chi connectivity index (χ1v) is 5.06. The average Bonchev–Trinajstić information content (AvgIpc) is 2.76. The SMILES string of the molecule is Cc1n[nH]c(C)c1CNc1cnns1. The molecule has 0 aliphatic rings. The van der Waals surface area contributed by atoms with Crippen LogP contribution in [0.5, 0.6) is 0 Å². The first kappa shape index (κ1) is 9.14. The molecule has 0 amide bonds. The molecule has 0 aliphatic heterocycles. The van der Waals surface area contributed by atoms with E-state index in [0.29, 0.717) is 0 Å². The number of aromatic nitrogens is 4. The number of nitrogens with zero attached hydrogens (tertiary/aromatic N) is 3. The van der Waals surface area contributed by atoms with Crippen LogP contribution in [-0.2, 0) is 6.54 Å². The van der Waals surface area contributed by atoms with E-state index in [9.17, 15) is 0 Å². The van der Waals surface area contributed by atoms with Crippen LogP contribution in [0.4, 0.5) is 5.00 Å². The Kier molecular flexibility index (Phi) is 2.45. The van der Waals surface area contributed by atoms with Gasteiger partial charge in [0.2, 0.25) is 0 Å². The van der Waals surface area contributed by atoms with Crippen molar-refractivity contribution in [1.29, 1.82) is 0 Å². The van der Waals surface area contributed by atoms with Crippen molar-refractivity contribution in [2.24, 2.45) is 0 Å². The third kappa shape index (κ3) is 1.74. The lowest BCUT2D eigenvalue weighted by atomic mass is 10.2. The van der Waals surface area contributed by atoms with Gasteiger partial charge in [0, 0.05) is 29.3 Å². The second-order valence-corrected chi connectivity index (χ2v) is 3.83. The van der Waals surface area contributed by atoms with Crippen LogP contribution < -0.4 is 5.32 Å². The Morgan fingerprint density at radius 1 is 1.50 bits per heavy atom. The predicted molar refractivity (Wildman–Crippen MR) is 55.3 cm³/mol. The summed E-state index contributed by atoms with van der Waals surface area (Å²) in [7, 11) is 0. The zero-order valence-electron chi connectivity index (χ0n) is 8.03. The number of aryl methyl sites for hydroxylation is 2. The number of hydrogen-bond donors (Lipinski definition) is 2. The summed E-state index contributed by atoms with van der Waals surface area (Å²) in [4.78, 5) is 0. The Bertz CT molecular complexity index is 386. The van der Waals surface area contributed by atoms with E-state index in [1.807, 2.05) is 13.8 Å². The number of rotatable bonds is 3. The molecular formula is C8H11N5S. The van der Waals surface area contributed by atoms with Gasteiger partial charge >= 0.3 is 0 Å². The molecule has 0 spiro atoms. The van der Waals surface area contributed by atoms with Crippen molar-refractivity contribution in [3.63, 3.8) is 0 Å². The molecule has 0 aliphatic carbocycles. The summed E-state index contributed by atoms with van der Waals surface area (Å²) in [6, 6.07) is 0. The Morgan fingerprint density at radius 3 is 2.93 bits per heavy atom. The van der Waals surface area contributed by atoms with Crippen LogP contribution in [0.25, 0.3) is 0 Å². The molecule has 14 heavy (non-hydrogen) atoms. The van der Waals surface area contributed by atoms with Crippen molar-refractivity contribution >= 4 is 16.5 Å². The highest BCUT2D eigenvalue weighted by atomic mass is 32.1. The van der Waals surface area contributed by atoms with Crippen LogP contribution in [0.3, 0.4) is 0 Å². The predicted octanol–water partition coefficient (Wildman–Crippen LogP) is 1.49. The van der Waals surface area contributed by atoms with Gasteiger partial charge in [-0.05, 0) is 13.8 Å². The van der Waals surface area contributed by atoms with E-state index in [0.717, 1.165) is 22.9 Å². The van der Waals surface area contributed by atoms with E-state index >= 15 is 0 Å². The fourth-order valence-corrected chi connectivity index (χ4v) is 1.67. The summed E-state index contributed by atoms with van der Waals surface area (Å²) in [5.41, 5.74) is 3.35. The number of hydrogen-bond acceptors (Lipinski definition) is 5. The molecule has 0 saturated carbocycles. The van der Waals surface area contributed by atoms with Gasteiger partial charge in [-0.15, -0.1) is 5.10 Å². The van der Waals surface area contributed by atoms with Gasteiger partial charge in [-0.1, -0.05) is 4.49 Å². The minimum Gasteiger partial charge on any atom is -0.370 e. The minimum atomic E-state index is 0.762. The molecule has 0 atom stereocenters. The van der Waals surface area contributed by atoms with Gasteiger partial charge < -0.3 is 5.32 Å². The zero-order chi connectivity index (χ0) is 9.97. The summed E-state index contributed by atoms with van der Waals surface area (Å²) >= 11 is 1.35. The lowest BCUT2D eigenvalue weighted by Gasteiger charge is -2.01. The Balaban J connectivity index is 2.05. The second-order valence-electron chi connectivity index (χ2n) is 3.05. The van der Waals surface area contributed by atoms with Crippen molar-refractivity contribution in [3.05, 3.63) is 23.1 Å². The molecule has 74 valence electrons. The molecule has 0 unspecified atom stereocenters. The molecular weight excluding hydrogens is 198 g/mol. The van der Waals surface area contributed by atoms with Gasteiger partial charge in [0.05, 0.1) is 11.9 Å². The quantitative estimate of drug-likeness (QED) is 0.803. The monoisotopic (exact) mass is 209 g/mol. The van der Waals surface area contributed by atoms with E-state index in [1.165, 1.54) is 17.1 Å². The van der Waals surface area contributed by atoms with Crippen molar-refractivity contribution in [3.8, 4) is 0 Å². The highest BCUT2D eigenvalue weighted by Gasteiger charge is 2.05. The van der Waals surface area contributed by atoms with Gasteiger partial charge in [-0.25, -0.2) is 0 Å². The van der Waals surface area contributed by atoms with E-state index in [4.69, 9.17) is 0 Å². The van der Waals surface area contributed by atoms with Crippen molar-refractivity contribution in [2.75, 3.05) is 5.32 Å². The summed E-state index contributed by atoms with van der Waals surface area (Å²) in [6.45, 7) is 4.77. The van der Waals surface area contributed by atoms with Crippen LogP contribution in [-0.4, -0.2) is 19.8 Å². The summed E-state index contributed by atoms with van der Waals surface area (Å²) < 4.78 is 3.77. The first-order chi connectivity index (χ1) is 6.77. The third-order valence-corrected chi connectivity index (χ3v) is 2.70. The van der Waals surface area contributed by atoms with Crippen LogP contribution in [0.2, 0.25) is 0 Å². The van der Waals surface area contributed by atoms with E-state index in [1.54, 1.807) is 6.20 Å². The molecule has 2 rings (SSSR count). The molecule has 0 saturated heterocycles. The van der Waals surface area contributed by atoms with Crippen molar-refractivity contribution in [2.45, 2.75) is 20.4 Å². The molecule has 0 aromatic carbocycles. The molecule has 2 heterocycles. The maximum Gasteiger partial charge on any atom is 0.130 e. The Morgan fingerprint density at radius 2 is 2.36 bits per heavy atom. The number of anilines is 1. The van der Waals surface area contributed by atoms with E-state index in [-0.39, 0.29) is 0 Å². The fraction of sp³-hybridized carbons (Fsp3) is 0.375. The van der Waals surface area contributed by atoms with Crippen molar-refractivity contribution in [1.82, 2.24) is 19.8 Å². The molecule has 0 bridgehead atoms. The van der Waals surface area contributed by atoms with E-state index in [2.05, 4.69) is 25.1 Å². The number of aromatic amines is 1. The van der Waals surface area contributed by atoms with Crippen LogP contribution in [0.1, 0.15) is 17.0 Å². The molecule has 0 radical (unpaired) electrons. The molecule has 6 heteroatoms. The first-order valence-electron chi connectivity index (χ1n) is 4.29. The summed E-state index contributed by atoms with van der Waals surface area (Å²) in [5.74, 6) is 0. The Labute approximate surface area is 85.7 Å². The highest BCUT2D eigenvalue weighted by molar-refractivity contribution is 7.09. The maximum atomic E-state index is 4.12. The van der Waals surface area contributed by atoms with Crippen LogP contribution >= 0.6 is 11.5 Å². The van der Waals surface area contributed by atoms with Gasteiger partial charge in [-0.2, -0.15) is 5.10 Å². The molecule has 2 N–H and O–H groups in total. The molecule has 2 aromatic heterocycles. The lowest BCUT2D eigenvalue weighted by Crippen LogP contribution is -1.99. The number of H-pyrrole nitrogens is 1. The number of nitrogens with one attached hydrogen (secondary N) is 2. The highest BCUT2D eigenvalue weighted by Crippen LogP contribution is 2.14. The average molecular weight is 209 g/mol. The fourth-order valence-electron chi connectivity index (χ4n) is 1.26. The summed E-state index contributed by atoms with van der Waals surface area (Å²) in [5, 5.41) is 15.0. The second kappa shape index (κ2) is 3.75. The van der Waals surface area contributed by atoms with Gasteiger partial charge in [-0.3, -0.25) is 5.10 Å². The van der Waals surface area contributed by atoms with Crippen LogP contribution in [0.15, 0.2) is 6.20 Å². The lowest BCUT2D eigenvalue weighted by molar-refractivity contribution is 1.02. The van der Waals surface area contributed by atoms with Gasteiger partial charge in [0.15, 0.2) is 0 Å². The molecule has 2 aromatic rings. The Hall–Kier alpha value is -1.43. The van der Waals surface area contributed by atoms with Gasteiger partial charge in [0.25, 0.3) is 0 Å². The van der Waals surface area contributed by atoms with E-state index < -0.39 is 0 Å². The summed E-state index contributed by atoms with van der Waals surface area (Å²) in [6.07, 6.45) is 1.72. The van der Waals surface area contributed by atoms with Gasteiger partial charge in [0.1, 0.15) is 5.00 Å².